The van der Waals surface area contributed by atoms with Crippen LogP contribution in [0.1, 0.15) is 15.9 Å². The van der Waals surface area contributed by atoms with E-state index in [4.69, 9.17) is 16.2 Å². The van der Waals surface area contributed by atoms with Crippen LogP contribution in [0, 0.1) is 12.7 Å². The van der Waals surface area contributed by atoms with Crippen molar-refractivity contribution in [3.8, 4) is 11.5 Å². The monoisotopic (exact) mass is 260 g/mol. The Balaban J connectivity index is 2.34. The van der Waals surface area contributed by atoms with Crippen LogP contribution in [0.5, 0.6) is 11.5 Å². The van der Waals surface area contributed by atoms with Crippen LogP contribution in [0.4, 0.5) is 10.1 Å². The predicted octanol–water partition coefficient (Wildman–Crippen LogP) is 2.61. The molecule has 4 N–H and O–H groups in total. The fourth-order valence-electron chi connectivity index (χ4n) is 1.69. The first-order chi connectivity index (χ1) is 8.99. The number of benzene rings is 2. The van der Waals surface area contributed by atoms with Crippen LogP contribution < -0.4 is 16.2 Å². The molecule has 0 atom stereocenters. The minimum atomic E-state index is -0.820. The molecule has 0 aliphatic heterocycles. The number of hydrogen-bond donors (Lipinski definition) is 2. The lowest BCUT2D eigenvalue weighted by Gasteiger charge is -2.11. The van der Waals surface area contributed by atoms with Crippen molar-refractivity contribution < 1.29 is 13.9 Å². The van der Waals surface area contributed by atoms with Crippen LogP contribution in [-0.4, -0.2) is 5.91 Å². The summed E-state index contributed by atoms with van der Waals surface area (Å²) in [5.41, 5.74) is 11.9. The van der Waals surface area contributed by atoms with Gasteiger partial charge in [0.25, 0.3) is 5.91 Å². The van der Waals surface area contributed by atoms with E-state index >= 15 is 0 Å². The highest BCUT2D eigenvalue weighted by Gasteiger charge is 2.11. The molecule has 0 saturated carbocycles. The SMILES string of the molecule is Cc1cccc(N)c1Oc1ccc(C(N)=O)c(F)c1. The van der Waals surface area contributed by atoms with Crippen molar-refractivity contribution in [2.45, 2.75) is 6.92 Å². The molecule has 0 spiro atoms. The lowest BCUT2D eigenvalue weighted by Crippen LogP contribution is -2.12. The molecule has 0 fully saturated rings. The van der Waals surface area contributed by atoms with Gasteiger partial charge >= 0.3 is 0 Å². The second kappa shape index (κ2) is 4.97. The van der Waals surface area contributed by atoms with Gasteiger partial charge in [0, 0.05) is 6.07 Å². The third kappa shape index (κ3) is 2.65. The third-order valence-corrected chi connectivity index (χ3v) is 2.67. The summed E-state index contributed by atoms with van der Waals surface area (Å²) in [7, 11) is 0. The highest BCUT2D eigenvalue weighted by molar-refractivity contribution is 5.93. The standard InChI is InChI=1S/C14H13FN2O2/c1-8-3-2-4-12(16)13(8)19-9-5-6-10(14(17)18)11(15)7-9/h2-7H,16H2,1H3,(H2,17,18). The highest BCUT2D eigenvalue weighted by Crippen LogP contribution is 2.31. The van der Waals surface area contributed by atoms with Gasteiger partial charge < -0.3 is 16.2 Å². The molecule has 0 unspecified atom stereocenters. The quantitative estimate of drug-likeness (QED) is 0.832. The zero-order valence-corrected chi connectivity index (χ0v) is 10.3. The van der Waals surface area contributed by atoms with E-state index in [0.717, 1.165) is 11.6 Å². The summed E-state index contributed by atoms with van der Waals surface area (Å²) in [6, 6.07) is 9.17. The number of primary amides is 1. The summed E-state index contributed by atoms with van der Waals surface area (Å²) in [5.74, 6) is -0.825. The van der Waals surface area contributed by atoms with Crippen molar-refractivity contribution in [2.24, 2.45) is 5.73 Å². The Hall–Kier alpha value is -2.56. The Kier molecular flexibility index (Phi) is 3.37. The molecule has 0 saturated heterocycles. The third-order valence-electron chi connectivity index (χ3n) is 2.67. The normalized spacial score (nSPS) is 10.2. The van der Waals surface area contributed by atoms with Crippen molar-refractivity contribution in [3.63, 3.8) is 0 Å². The summed E-state index contributed by atoms with van der Waals surface area (Å²) in [5, 5.41) is 0. The van der Waals surface area contributed by atoms with E-state index in [-0.39, 0.29) is 11.3 Å². The van der Waals surface area contributed by atoms with E-state index in [2.05, 4.69) is 0 Å². The molecule has 5 heteroatoms. The largest absolute Gasteiger partial charge is 0.455 e. The first kappa shape index (κ1) is 12.9. The van der Waals surface area contributed by atoms with E-state index in [1.165, 1.54) is 12.1 Å². The summed E-state index contributed by atoms with van der Waals surface area (Å²) in [6.45, 7) is 1.83. The fraction of sp³-hybridized carbons (Fsp3) is 0.0714. The first-order valence-electron chi connectivity index (χ1n) is 5.61. The van der Waals surface area contributed by atoms with E-state index < -0.39 is 11.7 Å². The molecule has 2 rings (SSSR count). The molecule has 2 aromatic carbocycles. The van der Waals surface area contributed by atoms with Gasteiger partial charge in [-0.3, -0.25) is 4.79 Å². The lowest BCUT2D eigenvalue weighted by molar-refractivity contribution is 0.0996. The average Bonchev–Trinajstić information content (AvgIpc) is 2.33. The van der Waals surface area contributed by atoms with Gasteiger partial charge in [0.2, 0.25) is 0 Å². The van der Waals surface area contributed by atoms with Crippen molar-refractivity contribution in [2.75, 3.05) is 5.73 Å². The lowest BCUT2D eigenvalue weighted by atomic mass is 10.2. The fourth-order valence-corrected chi connectivity index (χ4v) is 1.69. The Morgan fingerprint density at radius 3 is 2.58 bits per heavy atom. The summed E-state index contributed by atoms with van der Waals surface area (Å²) in [6.07, 6.45) is 0. The molecule has 2 aromatic rings. The second-order valence-electron chi connectivity index (χ2n) is 4.10. The molecule has 0 bridgehead atoms. The molecule has 0 aromatic heterocycles. The van der Waals surface area contributed by atoms with Crippen LogP contribution in [0.25, 0.3) is 0 Å². The summed E-state index contributed by atoms with van der Waals surface area (Å²) in [4.78, 5) is 10.9. The van der Waals surface area contributed by atoms with Crippen molar-refractivity contribution >= 4 is 11.6 Å². The van der Waals surface area contributed by atoms with Crippen LogP contribution in [0.15, 0.2) is 36.4 Å². The van der Waals surface area contributed by atoms with Gasteiger partial charge in [-0.15, -0.1) is 0 Å². The number of ether oxygens (including phenoxy) is 1. The molecular weight excluding hydrogens is 247 g/mol. The van der Waals surface area contributed by atoms with Crippen LogP contribution in [0.3, 0.4) is 0 Å². The van der Waals surface area contributed by atoms with Gasteiger partial charge in [0.05, 0.1) is 11.3 Å². The number of carbonyl (C=O) groups excluding carboxylic acids is 1. The molecule has 0 radical (unpaired) electrons. The van der Waals surface area contributed by atoms with Gasteiger partial charge in [-0.05, 0) is 30.7 Å². The highest BCUT2D eigenvalue weighted by atomic mass is 19.1. The van der Waals surface area contributed by atoms with Crippen molar-refractivity contribution in [1.82, 2.24) is 0 Å². The molecule has 1 amide bonds. The Bertz CT molecular complexity index is 621. The topological polar surface area (TPSA) is 78.3 Å². The van der Waals surface area contributed by atoms with E-state index in [1.807, 2.05) is 13.0 Å². The number of nitrogen functional groups attached to an aromatic ring is 1. The van der Waals surface area contributed by atoms with Gasteiger partial charge in [-0.25, -0.2) is 4.39 Å². The van der Waals surface area contributed by atoms with Gasteiger partial charge in [0.1, 0.15) is 11.6 Å². The smallest absolute Gasteiger partial charge is 0.251 e. The van der Waals surface area contributed by atoms with Crippen LogP contribution in [0.2, 0.25) is 0 Å². The van der Waals surface area contributed by atoms with Crippen molar-refractivity contribution in [3.05, 3.63) is 53.3 Å². The molecule has 98 valence electrons. The van der Waals surface area contributed by atoms with Crippen molar-refractivity contribution in [1.29, 1.82) is 0 Å². The average molecular weight is 260 g/mol. The van der Waals surface area contributed by atoms with E-state index in [9.17, 15) is 9.18 Å². The number of amides is 1. The minimum absolute atomic E-state index is 0.176. The maximum atomic E-state index is 13.6. The van der Waals surface area contributed by atoms with E-state index in [1.54, 1.807) is 12.1 Å². The van der Waals surface area contributed by atoms with Gasteiger partial charge in [0.15, 0.2) is 5.75 Å². The minimum Gasteiger partial charge on any atom is -0.455 e. The number of hydrogen-bond acceptors (Lipinski definition) is 3. The van der Waals surface area contributed by atoms with Crippen LogP contribution >= 0.6 is 0 Å². The molecule has 0 heterocycles. The first-order valence-corrected chi connectivity index (χ1v) is 5.61. The second-order valence-corrected chi connectivity index (χ2v) is 4.10. The Labute approximate surface area is 109 Å². The number of anilines is 1. The maximum absolute atomic E-state index is 13.6. The molecule has 0 aliphatic rings. The predicted molar refractivity (Wildman–Crippen MR) is 70.6 cm³/mol. The number of para-hydroxylation sites is 1. The van der Waals surface area contributed by atoms with E-state index in [0.29, 0.717) is 11.4 Å². The number of rotatable bonds is 3. The number of carbonyl (C=O) groups is 1. The molecule has 4 nitrogen and oxygen atoms in total. The maximum Gasteiger partial charge on any atom is 0.251 e. The number of halogens is 1. The zero-order chi connectivity index (χ0) is 14.0. The summed E-state index contributed by atoms with van der Waals surface area (Å²) >= 11 is 0. The van der Waals surface area contributed by atoms with Gasteiger partial charge in [-0.2, -0.15) is 0 Å². The molecular formula is C14H13FN2O2. The molecule has 19 heavy (non-hydrogen) atoms. The van der Waals surface area contributed by atoms with Gasteiger partial charge in [-0.1, -0.05) is 12.1 Å². The summed E-state index contributed by atoms with van der Waals surface area (Å²) < 4.78 is 19.1. The Morgan fingerprint density at radius 2 is 2.00 bits per heavy atom. The van der Waals surface area contributed by atoms with Crippen LogP contribution in [-0.2, 0) is 0 Å². The number of aryl methyl sites for hydroxylation is 1. The number of nitrogens with two attached hydrogens (primary N) is 2. The zero-order valence-electron chi connectivity index (χ0n) is 10.3. The molecule has 0 aliphatic carbocycles. The Morgan fingerprint density at radius 1 is 1.26 bits per heavy atom.